The number of carbonyl (C=O) groups excluding carboxylic acids is 2. The highest BCUT2D eigenvalue weighted by Crippen LogP contribution is 2.27. The first kappa shape index (κ1) is 14.4. The summed E-state index contributed by atoms with van der Waals surface area (Å²) < 4.78 is 5.18. The minimum Gasteiger partial charge on any atom is -0.495 e. The molecule has 1 aliphatic carbocycles. The standard InChI is InChI=1S/C15H20N2O3/c1-15(2,13(18)16-10-8-9-10)14(19)17-11-6-4-5-7-12(11)20-3/h4-7,10H,8-9H2,1-3H3,(H,16,18)(H,17,19). The van der Waals surface area contributed by atoms with Crippen molar-refractivity contribution >= 4 is 17.5 Å². The van der Waals surface area contributed by atoms with Crippen LogP contribution in [0.15, 0.2) is 24.3 Å². The Morgan fingerprint density at radius 3 is 2.45 bits per heavy atom. The fourth-order valence-electron chi connectivity index (χ4n) is 1.72. The van der Waals surface area contributed by atoms with Gasteiger partial charge in [-0.05, 0) is 38.8 Å². The van der Waals surface area contributed by atoms with Gasteiger partial charge in [0.1, 0.15) is 11.2 Å². The van der Waals surface area contributed by atoms with Gasteiger partial charge in [0.15, 0.2) is 0 Å². The lowest BCUT2D eigenvalue weighted by molar-refractivity contribution is -0.138. The number of amides is 2. The van der Waals surface area contributed by atoms with Crippen LogP contribution in [0.4, 0.5) is 5.69 Å². The second kappa shape index (κ2) is 5.53. The zero-order chi connectivity index (χ0) is 14.8. The normalized spacial score (nSPS) is 14.6. The first-order valence-corrected chi connectivity index (χ1v) is 6.70. The van der Waals surface area contributed by atoms with Crippen molar-refractivity contribution in [3.63, 3.8) is 0 Å². The van der Waals surface area contributed by atoms with Crippen molar-refractivity contribution in [1.82, 2.24) is 5.32 Å². The van der Waals surface area contributed by atoms with Gasteiger partial charge >= 0.3 is 0 Å². The van der Waals surface area contributed by atoms with Crippen molar-refractivity contribution in [3.8, 4) is 5.75 Å². The number of benzene rings is 1. The number of hydrogen-bond donors (Lipinski definition) is 2. The van der Waals surface area contributed by atoms with Gasteiger partial charge in [0.25, 0.3) is 0 Å². The summed E-state index contributed by atoms with van der Waals surface area (Å²) in [6.45, 7) is 3.24. The number of ether oxygens (including phenoxy) is 1. The van der Waals surface area contributed by atoms with Crippen molar-refractivity contribution in [3.05, 3.63) is 24.3 Å². The van der Waals surface area contributed by atoms with E-state index in [1.165, 1.54) is 7.11 Å². The summed E-state index contributed by atoms with van der Waals surface area (Å²) in [6.07, 6.45) is 1.99. The maximum absolute atomic E-state index is 12.3. The number of rotatable bonds is 5. The summed E-state index contributed by atoms with van der Waals surface area (Å²) in [5, 5.41) is 5.61. The molecule has 0 atom stereocenters. The zero-order valence-electron chi connectivity index (χ0n) is 12.0. The molecular weight excluding hydrogens is 256 g/mol. The Balaban J connectivity index is 2.07. The molecule has 1 saturated carbocycles. The highest BCUT2D eigenvalue weighted by atomic mass is 16.5. The Hall–Kier alpha value is -2.04. The average molecular weight is 276 g/mol. The third kappa shape index (κ3) is 3.10. The number of anilines is 1. The Labute approximate surface area is 118 Å². The van der Waals surface area contributed by atoms with Gasteiger partial charge in [-0.2, -0.15) is 0 Å². The van der Waals surface area contributed by atoms with Gasteiger partial charge in [0, 0.05) is 6.04 Å². The molecule has 5 heteroatoms. The van der Waals surface area contributed by atoms with Crippen molar-refractivity contribution in [2.45, 2.75) is 32.7 Å². The summed E-state index contributed by atoms with van der Waals surface area (Å²) in [5.41, 5.74) is -0.559. The third-order valence-corrected chi connectivity index (χ3v) is 3.40. The molecule has 0 spiro atoms. The van der Waals surface area contributed by atoms with Crippen LogP contribution >= 0.6 is 0 Å². The van der Waals surface area contributed by atoms with E-state index in [4.69, 9.17) is 4.74 Å². The molecule has 1 aromatic carbocycles. The van der Waals surface area contributed by atoms with E-state index in [9.17, 15) is 9.59 Å². The summed E-state index contributed by atoms with van der Waals surface area (Å²) in [6, 6.07) is 7.36. The summed E-state index contributed by atoms with van der Waals surface area (Å²) in [5.74, 6) is -0.0215. The van der Waals surface area contributed by atoms with Crippen molar-refractivity contribution < 1.29 is 14.3 Å². The number of carbonyl (C=O) groups is 2. The first-order chi connectivity index (χ1) is 9.45. The zero-order valence-corrected chi connectivity index (χ0v) is 12.0. The lowest BCUT2D eigenvalue weighted by atomic mass is 9.91. The molecule has 0 bridgehead atoms. The maximum Gasteiger partial charge on any atom is 0.239 e. The van der Waals surface area contributed by atoms with E-state index in [1.54, 1.807) is 32.0 Å². The smallest absolute Gasteiger partial charge is 0.239 e. The van der Waals surface area contributed by atoms with Crippen LogP contribution in [-0.2, 0) is 9.59 Å². The number of hydrogen-bond acceptors (Lipinski definition) is 3. The fraction of sp³-hybridized carbons (Fsp3) is 0.467. The van der Waals surface area contributed by atoms with Crippen molar-refractivity contribution in [2.24, 2.45) is 5.41 Å². The van der Waals surface area contributed by atoms with Gasteiger partial charge in [0.2, 0.25) is 11.8 Å². The second-order valence-electron chi connectivity index (χ2n) is 5.53. The maximum atomic E-state index is 12.3. The van der Waals surface area contributed by atoms with Crippen molar-refractivity contribution in [1.29, 1.82) is 0 Å². The largest absolute Gasteiger partial charge is 0.495 e. The number of para-hydroxylation sites is 2. The lowest BCUT2D eigenvalue weighted by Crippen LogP contribution is -2.45. The van der Waals surface area contributed by atoms with Gasteiger partial charge in [-0.15, -0.1) is 0 Å². The lowest BCUT2D eigenvalue weighted by Gasteiger charge is -2.23. The van der Waals surface area contributed by atoms with Gasteiger partial charge in [0.05, 0.1) is 12.8 Å². The molecule has 20 heavy (non-hydrogen) atoms. The molecule has 0 aliphatic heterocycles. The van der Waals surface area contributed by atoms with Crippen molar-refractivity contribution in [2.75, 3.05) is 12.4 Å². The van der Waals surface area contributed by atoms with E-state index in [0.29, 0.717) is 11.4 Å². The molecule has 5 nitrogen and oxygen atoms in total. The highest BCUT2D eigenvalue weighted by Gasteiger charge is 2.39. The molecule has 1 aliphatic rings. The van der Waals surface area contributed by atoms with E-state index in [0.717, 1.165) is 12.8 Å². The highest BCUT2D eigenvalue weighted by molar-refractivity contribution is 6.10. The molecule has 0 unspecified atom stereocenters. The molecule has 2 rings (SSSR count). The van der Waals surface area contributed by atoms with Crippen LogP contribution in [0.5, 0.6) is 5.75 Å². The van der Waals surface area contributed by atoms with Crippen LogP contribution < -0.4 is 15.4 Å². The van der Waals surface area contributed by atoms with Gasteiger partial charge < -0.3 is 15.4 Å². The topological polar surface area (TPSA) is 67.4 Å². The SMILES string of the molecule is COc1ccccc1NC(=O)C(C)(C)C(=O)NC1CC1. The molecule has 2 amide bonds. The molecule has 1 aromatic rings. The van der Waals surface area contributed by atoms with E-state index in [1.807, 2.05) is 6.07 Å². The molecule has 0 aromatic heterocycles. The summed E-state index contributed by atoms with van der Waals surface area (Å²) in [7, 11) is 1.54. The van der Waals surface area contributed by atoms with Crippen LogP contribution in [0.2, 0.25) is 0 Å². The molecular formula is C15H20N2O3. The van der Waals surface area contributed by atoms with Crippen LogP contribution in [-0.4, -0.2) is 25.0 Å². The van der Waals surface area contributed by atoms with E-state index in [2.05, 4.69) is 10.6 Å². The van der Waals surface area contributed by atoms with E-state index >= 15 is 0 Å². The van der Waals surface area contributed by atoms with E-state index < -0.39 is 5.41 Å². The predicted molar refractivity (Wildman–Crippen MR) is 76.6 cm³/mol. The first-order valence-electron chi connectivity index (χ1n) is 6.70. The monoisotopic (exact) mass is 276 g/mol. The van der Waals surface area contributed by atoms with Crippen LogP contribution in [0.25, 0.3) is 0 Å². The molecule has 0 heterocycles. The quantitative estimate of drug-likeness (QED) is 0.808. The predicted octanol–water partition coefficient (Wildman–Crippen LogP) is 1.94. The number of methoxy groups -OCH3 is 1. The fourth-order valence-corrected chi connectivity index (χ4v) is 1.72. The Kier molecular flexibility index (Phi) is 3.97. The molecule has 108 valence electrons. The van der Waals surface area contributed by atoms with Gasteiger partial charge in [-0.25, -0.2) is 0 Å². The minimum absolute atomic E-state index is 0.237. The van der Waals surface area contributed by atoms with E-state index in [-0.39, 0.29) is 17.9 Å². The Morgan fingerprint density at radius 1 is 1.20 bits per heavy atom. The van der Waals surface area contributed by atoms with Crippen LogP contribution in [0.3, 0.4) is 0 Å². The molecule has 1 fully saturated rings. The van der Waals surface area contributed by atoms with Gasteiger partial charge in [-0.1, -0.05) is 12.1 Å². The van der Waals surface area contributed by atoms with Gasteiger partial charge in [-0.3, -0.25) is 9.59 Å². The average Bonchev–Trinajstić information content (AvgIpc) is 3.23. The molecule has 0 radical (unpaired) electrons. The summed E-state index contributed by atoms with van der Waals surface area (Å²) in [4.78, 5) is 24.4. The summed E-state index contributed by atoms with van der Waals surface area (Å²) >= 11 is 0. The third-order valence-electron chi connectivity index (χ3n) is 3.40. The van der Waals surface area contributed by atoms with Crippen LogP contribution in [0, 0.1) is 5.41 Å². The molecule has 0 saturated heterocycles. The molecule has 2 N–H and O–H groups in total. The minimum atomic E-state index is -1.12. The number of nitrogens with one attached hydrogen (secondary N) is 2. The van der Waals surface area contributed by atoms with Crippen LogP contribution in [0.1, 0.15) is 26.7 Å². The Bertz CT molecular complexity index is 522. The Morgan fingerprint density at radius 2 is 1.85 bits per heavy atom. The second-order valence-corrected chi connectivity index (χ2v) is 5.53.